The van der Waals surface area contributed by atoms with Crippen LogP contribution in [0.25, 0.3) is 0 Å². The molecule has 0 N–H and O–H groups in total. The third-order valence-electron chi connectivity index (χ3n) is 1.56. The number of benzene rings is 1. The summed E-state index contributed by atoms with van der Waals surface area (Å²) in [5.74, 6) is -1.57. The Hall–Kier alpha value is -1.77. The first-order chi connectivity index (χ1) is 6.94. The molecule has 0 spiro atoms. The molecular formula is C9H5F4NO. The molecule has 0 aromatic heterocycles. The maximum Gasteiger partial charge on any atom is 0.573 e. The van der Waals surface area contributed by atoms with Crippen LogP contribution in [0, 0.1) is 17.1 Å². The SMILES string of the molecule is N#CCc1c(F)cccc1OC(F)(F)F. The average molecular weight is 219 g/mol. The standard InChI is InChI=1S/C9H5F4NO/c10-7-2-1-3-8(6(7)4-5-14)15-9(11,12)13/h1-3H,4H2. The maximum atomic E-state index is 13.0. The summed E-state index contributed by atoms with van der Waals surface area (Å²) in [5.41, 5.74) is -0.391. The molecule has 1 rings (SSSR count). The lowest BCUT2D eigenvalue weighted by atomic mass is 10.1. The third kappa shape index (κ3) is 3.13. The topological polar surface area (TPSA) is 33.0 Å². The predicted molar refractivity (Wildman–Crippen MR) is 42.4 cm³/mol. The van der Waals surface area contributed by atoms with Gasteiger partial charge in [0.05, 0.1) is 12.5 Å². The molecule has 0 heterocycles. The Morgan fingerprint density at radius 3 is 2.53 bits per heavy atom. The molecule has 0 aliphatic heterocycles. The van der Waals surface area contributed by atoms with E-state index in [9.17, 15) is 17.6 Å². The Morgan fingerprint density at radius 1 is 1.33 bits per heavy atom. The van der Waals surface area contributed by atoms with Gasteiger partial charge in [0.1, 0.15) is 11.6 Å². The summed E-state index contributed by atoms with van der Waals surface area (Å²) in [4.78, 5) is 0. The van der Waals surface area contributed by atoms with E-state index in [4.69, 9.17) is 5.26 Å². The lowest BCUT2D eigenvalue weighted by Gasteiger charge is -2.11. The number of alkyl halides is 3. The number of nitriles is 1. The highest BCUT2D eigenvalue weighted by atomic mass is 19.4. The molecule has 0 fully saturated rings. The minimum Gasteiger partial charge on any atom is -0.405 e. The average Bonchev–Trinajstić information content (AvgIpc) is 2.08. The molecule has 6 heteroatoms. The van der Waals surface area contributed by atoms with Crippen molar-refractivity contribution in [2.45, 2.75) is 12.8 Å². The van der Waals surface area contributed by atoms with E-state index in [0.717, 1.165) is 18.2 Å². The molecule has 0 aliphatic rings. The lowest BCUT2D eigenvalue weighted by molar-refractivity contribution is -0.274. The molecule has 1 aromatic rings. The number of ether oxygens (including phenoxy) is 1. The van der Waals surface area contributed by atoms with E-state index in [2.05, 4.69) is 4.74 Å². The van der Waals surface area contributed by atoms with E-state index < -0.39 is 29.9 Å². The van der Waals surface area contributed by atoms with E-state index in [1.54, 1.807) is 6.07 Å². The molecule has 0 saturated heterocycles. The monoisotopic (exact) mass is 219 g/mol. The van der Waals surface area contributed by atoms with Crippen molar-refractivity contribution >= 4 is 0 Å². The Kier molecular flexibility index (Phi) is 3.14. The summed E-state index contributed by atoms with van der Waals surface area (Å²) in [6.07, 6.45) is -5.36. The fraction of sp³-hybridized carbons (Fsp3) is 0.222. The van der Waals surface area contributed by atoms with Gasteiger partial charge in [-0.3, -0.25) is 0 Å². The summed E-state index contributed by atoms with van der Waals surface area (Å²) >= 11 is 0. The summed E-state index contributed by atoms with van der Waals surface area (Å²) < 4.78 is 52.2. The van der Waals surface area contributed by atoms with Gasteiger partial charge in [0.2, 0.25) is 0 Å². The van der Waals surface area contributed by atoms with Crippen molar-refractivity contribution < 1.29 is 22.3 Å². The zero-order chi connectivity index (χ0) is 11.5. The molecule has 0 aliphatic carbocycles. The van der Waals surface area contributed by atoms with Gasteiger partial charge in [-0.2, -0.15) is 5.26 Å². The second-order valence-corrected chi connectivity index (χ2v) is 2.60. The van der Waals surface area contributed by atoms with Crippen molar-refractivity contribution in [3.8, 4) is 11.8 Å². The fourth-order valence-electron chi connectivity index (χ4n) is 1.01. The largest absolute Gasteiger partial charge is 0.573 e. The lowest BCUT2D eigenvalue weighted by Crippen LogP contribution is -2.18. The van der Waals surface area contributed by atoms with Crippen molar-refractivity contribution in [3.63, 3.8) is 0 Å². The van der Waals surface area contributed by atoms with Crippen LogP contribution >= 0.6 is 0 Å². The molecule has 2 nitrogen and oxygen atoms in total. The molecule has 80 valence electrons. The Labute approximate surface area is 82.7 Å². The van der Waals surface area contributed by atoms with Crippen molar-refractivity contribution in [2.75, 3.05) is 0 Å². The number of rotatable bonds is 2. The van der Waals surface area contributed by atoms with Crippen LogP contribution in [-0.4, -0.2) is 6.36 Å². The van der Waals surface area contributed by atoms with E-state index in [1.165, 1.54) is 0 Å². The molecule has 0 unspecified atom stereocenters. The Balaban J connectivity index is 3.07. The number of hydrogen-bond acceptors (Lipinski definition) is 2. The van der Waals surface area contributed by atoms with Gasteiger partial charge in [-0.15, -0.1) is 13.2 Å². The normalized spacial score (nSPS) is 10.9. The van der Waals surface area contributed by atoms with E-state index in [1.807, 2.05) is 0 Å². The van der Waals surface area contributed by atoms with Crippen LogP contribution < -0.4 is 4.74 Å². The second-order valence-electron chi connectivity index (χ2n) is 2.60. The number of nitrogens with zero attached hydrogens (tertiary/aromatic N) is 1. The number of halogens is 4. The van der Waals surface area contributed by atoms with Crippen LogP contribution in [0.2, 0.25) is 0 Å². The minimum atomic E-state index is -4.89. The molecule has 0 saturated carbocycles. The van der Waals surface area contributed by atoms with E-state index in [-0.39, 0.29) is 0 Å². The van der Waals surface area contributed by atoms with Gasteiger partial charge in [0.15, 0.2) is 0 Å². The van der Waals surface area contributed by atoms with Crippen LogP contribution in [0.3, 0.4) is 0 Å². The molecule has 0 amide bonds. The van der Waals surface area contributed by atoms with Gasteiger partial charge >= 0.3 is 6.36 Å². The summed E-state index contributed by atoms with van der Waals surface area (Å²) in [5, 5.41) is 8.31. The van der Waals surface area contributed by atoms with E-state index in [0.29, 0.717) is 0 Å². The van der Waals surface area contributed by atoms with Crippen molar-refractivity contribution in [1.29, 1.82) is 5.26 Å². The smallest absolute Gasteiger partial charge is 0.405 e. The highest BCUT2D eigenvalue weighted by molar-refractivity contribution is 5.36. The van der Waals surface area contributed by atoms with Crippen molar-refractivity contribution in [3.05, 3.63) is 29.6 Å². The Bertz CT molecular complexity index is 394. The van der Waals surface area contributed by atoms with Crippen LogP contribution in [-0.2, 0) is 6.42 Å². The second kappa shape index (κ2) is 4.17. The molecular weight excluding hydrogens is 214 g/mol. The highest BCUT2D eigenvalue weighted by Crippen LogP contribution is 2.28. The molecule has 15 heavy (non-hydrogen) atoms. The first-order valence-corrected chi connectivity index (χ1v) is 3.84. The predicted octanol–water partition coefficient (Wildman–Crippen LogP) is 2.79. The van der Waals surface area contributed by atoms with E-state index >= 15 is 0 Å². The first-order valence-electron chi connectivity index (χ1n) is 3.84. The van der Waals surface area contributed by atoms with Crippen LogP contribution in [0.5, 0.6) is 5.75 Å². The maximum absolute atomic E-state index is 13.0. The highest BCUT2D eigenvalue weighted by Gasteiger charge is 2.32. The molecule has 0 bridgehead atoms. The summed E-state index contributed by atoms with van der Waals surface area (Å²) in [6, 6.07) is 4.57. The van der Waals surface area contributed by atoms with Gasteiger partial charge < -0.3 is 4.74 Å². The van der Waals surface area contributed by atoms with Crippen LogP contribution in [0.1, 0.15) is 5.56 Å². The zero-order valence-corrected chi connectivity index (χ0v) is 7.31. The molecule has 0 atom stereocenters. The van der Waals surface area contributed by atoms with Gasteiger partial charge in [-0.25, -0.2) is 4.39 Å². The zero-order valence-electron chi connectivity index (χ0n) is 7.31. The quantitative estimate of drug-likeness (QED) is 0.716. The van der Waals surface area contributed by atoms with Gasteiger partial charge in [0.25, 0.3) is 0 Å². The Morgan fingerprint density at radius 2 is 2.00 bits per heavy atom. The molecule has 0 radical (unpaired) electrons. The van der Waals surface area contributed by atoms with Crippen LogP contribution in [0.4, 0.5) is 17.6 Å². The van der Waals surface area contributed by atoms with Crippen molar-refractivity contribution in [2.24, 2.45) is 0 Å². The first kappa shape index (κ1) is 11.3. The van der Waals surface area contributed by atoms with Gasteiger partial charge in [-0.1, -0.05) is 6.07 Å². The van der Waals surface area contributed by atoms with Gasteiger partial charge in [0, 0.05) is 5.56 Å². The molecule has 1 aromatic carbocycles. The van der Waals surface area contributed by atoms with Gasteiger partial charge in [-0.05, 0) is 12.1 Å². The minimum absolute atomic E-state index is 0.391. The van der Waals surface area contributed by atoms with Crippen molar-refractivity contribution in [1.82, 2.24) is 0 Å². The third-order valence-corrected chi connectivity index (χ3v) is 1.56. The van der Waals surface area contributed by atoms with Crippen LogP contribution in [0.15, 0.2) is 18.2 Å². The summed E-state index contributed by atoms with van der Waals surface area (Å²) in [7, 11) is 0. The summed E-state index contributed by atoms with van der Waals surface area (Å²) in [6.45, 7) is 0. The number of hydrogen-bond donors (Lipinski definition) is 0. The fourth-order valence-corrected chi connectivity index (χ4v) is 1.01.